The van der Waals surface area contributed by atoms with Crippen molar-refractivity contribution in [1.82, 2.24) is 0 Å². The normalized spacial score (nSPS) is 9.86. The van der Waals surface area contributed by atoms with E-state index in [9.17, 15) is 4.79 Å². The van der Waals surface area contributed by atoms with E-state index in [1.807, 2.05) is 0 Å². The van der Waals surface area contributed by atoms with Gasteiger partial charge in [0.1, 0.15) is 25.2 Å². The molecule has 0 radical (unpaired) electrons. The van der Waals surface area contributed by atoms with Crippen LogP contribution in [0.5, 0.6) is 5.75 Å². The maximum absolute atomic E-state index is 11.2. The van der Waals surface area contributed by atoms with Crippen molar-refractivity contribution >= 4 is 11.6 Å². The van der Waals surface area contributed by atoms with Crippen LogP contribution in [0, 0.1) is 0 Å². The number of hydrogen-bond acceptors (Lipinski definition) is 4. The molecule has 0 saturated heterocycles. The topological polar surface area (TPSA) is 59.7 Å². The minimum Gasteiger partial charge on any atom is -0.481 e. The van der Waals surface area contributed by atoms with E-state index < -0.39 is 0 Å². The Kier molecular flexibility index (Phi) is 3.73. The molecule has 4 nitrogen and oxygen atoms in total. The molecule has 0 aliphatic rings. The molecule has 0 bridgehead atoms. The quantitative estimate of drug-likeness (QED) is 0.823. The van der Waals surface area contributed by atoms with Crippen LogP contribution in [0.1, 0.15) is 5.76 Å². The first-order valence-corrected chi connectivity index (χ1v) is 4.20. The van der Waals surface area contributed by atoms with Crippen LogP contribution in [0.3, 0.4) is 0 Å². The second-order valence-electron chi connectivity index (χ2n) is 2.54. The summed E-state index contributed by atoms with van der Waals surface area (Å²) in [5, 5.41) is 8.95. The molecule has 1 rings (SSSR count). The van der Waals surface area contributed by atoms with E-state index in [0.717, 1.165) is 12.3 Å². The lowest BCUT2D eigenvalue weighted by Gasteiger charge is -2.03. The second-order valence-corrected chi connectivity index (χ2v) is 3.07. The van der Waals surface area contributed by atoms with Crippen LogP contribution < -0.4 is 10.2 Å². The summed E-state index contributed by atoms with van der Waals surface area (Å²) in [6.45, 7) is 3.13. The molecule has 0 saturated carbocycles. The average molecular weight is 217 g/mol. The molecule has 0 atom stereocenters. The first kappa shape index (κ1) is 10.8. The Morgan fingerprint density at radius 3 is 2.93 bits per heavy atom. The van der Waals surface area contributed by atoms with E-state index >= 15 is 0 Å². The van der Waals surface area contributed by atoms with Crippen LogP contribution in [-0.4, -0.2) is 11.7 Å². The summed E-state index contributed by atoms with van der Waals surface area (Å²) in [6.07, 6.45) is 1.13. The molecule has 1 N–H and O–H groups in total. The summed E-state index contributed by atoms with van der Waals surface area (Å²) < 4.78 is 9.85. The van der Waals surface area contributed by atoms with Crippen molar-refractivity contribution in [3.05, 3.63) is 39.9 Å². The predicted octanol–water partition coefficient (Wildman–Crippen LogP) is 1.26. The minimum absolute atomic E-state index is 0.0454. The van der Waals surface area contributed by atoms with Gasteiger partial charge in [-0.3, -0.25) is 4.79 Å². The molecule has 0 aromatic carbocycles. The van der Waals surface area contributed by atoms with E-state index in [0.29, 0.717) is 0 Å². The van der Waals surface area contributed by atoms with Gasteiger partial charge < -0.3 is 14.3 Å². The average Bonchev–Trinajstić information content (AvgIpc) is 2.15. The Morgan fingerprint density at radius 2 is 2.43 bits per heavy atom. The number of aliphatic hydroxyl groups is 1. The molecule has 0 unspecified atom stereocenters. The molecule has 1 heterocycles. The zero-order valence-corrected chi connectivity index (χ0v) is 8.08. The fraction of sp³-hybridized carbons (Fsp3) is 0.222. The van der Waals surface area contributed by atoms with Gasteiger partial charge in [-0.05, 0) is 0 Å². The van der Waals surface area contributed by atoms with Gasteiger partial charge in [0.2, 0.25) is 11.2 Å². The maximum Gasteiger partial charge on any atom is 0.227 e. The van der Waals surface area contributed by atoms with Crippen molar-refractivity contribution in [1.29, 1.82) is 0 Å². The molecule has 76 valence electrons. The highest BCUT2D eigenvalue weighted by Crippen LogP contribution is 2.07. The highest BCUT2D eigenvalue weighted by Gasteiger charge is 2.03. The SMILES string of the molecule is C=C(Cl)COc1coc(CO)cc1=O. The number of hydrogen-bond donors (Lipinski definition) is 1. The Morgan fingerprint density at radius 1 is 1.71 bits per heavy atom. The van der Waals surface area contributed by atoms with Crippen LogP contribution in [0.4, 0.5) is 0 Å². The molecule has 0 amide bonds. The van der Waals surface area contributed by atoms with Gasteiger partial charge in [-0.15, -0.1) is 0 Å². The Balaban J connectivity index is 2.79. The number of halogens is 1. The number of rotatable bonds is 4. The van der Waals surface area contributed by atoms with Gasteiger partial charge in [0.05, 0.1) is 0 Å². The van der Waals surface area contributed by atoms with E-state index in [2.05, 4.69) is 6.58 Å². The zero-order chi connectivity index (χ0) is 10.6. The first-order chi connectivity index (χ1) is 6.63. The van der Waals surface area contributed by atoms with Crippen molar-refractivity contribution in [3.63, 3.8) is 0 Å². The van der Waals surface area contributed by atoms with Gasteiger partial charge in [-0.1, -0.05) is 18.2 Å². The third-order valence-corrected chi connectivity index (χ3v) is 1.50. The van der Waals surface area contributed by atoms with Crippen LogP contribution >= 0.6 is 11.6 Å². The number of ether oxygens (including phenoxy) is 1. The summed E-state index contributed by atoms with van der Waals surface area (Å²) in [4.78, 5) is 11.2. The molecule has 0 aliphatic carbocycles. The second kappa shape index (κ2) is 4.83. The lowest BCUT2D eigenvalue weighted by atomic mass is 10.4. The fourth-order valence-electron chi connectivity index (χ4n) is 0.783. The van der Waals surface area contributed by atoms with Gasteiger partial charge in [-0.2, -0.15) is 0 Å². The van der Waals surface area contributed by atoms with Crippen LogP contribution in [-0.2, 0) is 6.61 Å². The van der Waals surface area contributed by atoms with Crippen molar-refractivity contribution in [2.24, 2.45) is 0 Å². The summed E-state index contributed by atoms with van der Waals surface area (Å²) >= 11 is 5.45. The predicted molar refractivity (Wildman–Crippen MR) is 51.4 cm³/mol. The molecule has 14 heavy (non-hydrogen) atoms. The molecule has 0 fully saturated rings. The van der Waals surface area contributed by atoms with Gasteiger partial charge in [0.15, 0.2) is 0 Å². The standard InChI is InChI=1S/C9H9ClO4/c1-6(10)4-14-9-5-13-7(3-11)2-8(9)12/h2,5,11H,1,3-4H2. The van der Waals surface area contributed by atoms with Crippen LogP contribution in [0.25, 0.3) is 0 Å². The van der Waals surface area contributed by atoms with Gasteiger partial charge in [0.25, 0.3) is 0 Å². The molecular formula is C9H9ClO4. The molecule has 5 heteroatoms. The smallest absolute Gasteiger partial charge is 0.227 e. The first-order valence-electron chi connectivity index (χ1n) is 3.82. The fourth-order valence-corrected chi connectivity index (χ4v) is 0.837. The van der Waals surface area contributed by atoms with E-state index in [-0.39, 0.29) is 35.2 Å². The third kappa shape index (κ3) is 2.90. The highest BCUT2D eigenvalue weighted by atomic mass is 35.5. The minimum atomic E-state index is -0.363. The van der Waals surface area contributed by atoms with Gasteiger partial charge in [-0.25, -0.2) is 0 Å². The summed E-state index contributed by atoms with van der Waals surface area (Å²) in [7, 11) is 0. The molecule has 0 spiro atoms. The number of aliphatic hydroxyl groups excluding tert-OH is 1. The van der Waals surface area contributed by atoms with E-state index in [1.54, 1.807) is 0 Å². The Bertz CT molecular complexity index is 383. The van der Waals surface area contributed by atoms with E-state index in [4.69, 9.17) is 25.9 Å². The summed E-state index contributed by atoms with van der Waals surface area (Å²) in [5.41, 5.74) is -0.363. The van der Waals surface area contributed by atoms with Crippen LogP contribution in [0.15, 0.2) is 33.2 Å². The van der Waals surface area contributed by atoms with Gasteiger partial charge in [0, 0.05) is 11.1 Å². The van der Waals surface area contributed by atoms with Crippen molar-refractivity contribution in [3.8, 4) is 5.75 Å². The maximum atomic E-state index is 11.2. The zero-order valence-electron chi connectivity index (χ0n) is 7.33. The van der Waals surface area contributed by atoms with Crippen molar-refractivity contribution in [2.75, 3.05) is 6.61 Å². The molecule has 1 aromatic rings. The molecular weight excluding hydrogens is 208 g/mol. The Hall–Kier alpha value is -1.26. The lowest BCUT2D eigenvalue weighted by Crippen LogP contribution is -2.08. The lowest BCUT2D eigenvalue weighted by molar-refractivity contribution is 0.239. The van der Waals surface area contributed by atoms with Crippen LogP contribution in [0.2, 0.25) is 0 Å². The monoisotopic (exact) mass is 216 g/mol. The summed E-state index contributed by atoms with van der Waals surface area (Å²) in [6, 6.07) is 1.16. The van der Waals surface area contributed by atoms with Gasteiger partial charge >= 0.3 is 0 Å². The summed E-state index contributed by atoms with van der Waals surface area (Å²) in [5.74, 6) is 0.232. The molecule has 1 aromatic heterocycles. The molecule has 0 aliphatic heterocycles. The Labute approximate surface area is 85.4 Å². The largest absolute Gasteiger partial charge is 0.481 e. The highest BCUT2D eigenvalue weighted by molar-refractivity contribution is 6.29. The van der Waals surface area contributed by atoms with Crippen molar-refractivity contribution in [2.45, 2.75) is 6.61 Å². The van der Waals surface area contributed by atoms with Crippen molar-refractivity contribution < 1.29 is 14.3 Å². The van der Waals surface area contributed by atoms with E-state index in [1.165, 1.54) is 0 Å². The third-order valence-electron chi connectivity index (χ3n) is 1.39.